The van der Waals surface area contributed by atoms with Crippen LogP contribution in [0.1, 0.15) is 29.4 Å². The van der Waals surface area contributed by atoms with Gasteiger partial charge in [-0.05, 0) is 31.9 Å². The van der Waals surface area contributed by atoms with Gasteiger partial charge in [0.15, 0.2) is 0 Å². The molecule has 0 bridgehead atoms. The Hall–Kier alpha value is -1.32. The van der Waals surface area contributed by atoms with E-state index >= 15 is 0 Å². The first kappa shape index (κ1) is 14.1. The first-order valence-corrected chi connectivity index (χ1v) is 6.73. The maximum Gasteiger partial charge on any atom is 0.0847 e. The molecule has 102 valence electrons. The molecule has 0 fully saturated rings. The molecule has 1 aromatic carbocycles. The molecule has 1 aromatic heterocycles. The van der Waals surface area contributed by atoms with Crippen LogP contribution in [0, 0.1) is 13.8 Å². The summed E-state index contributed by atoms with van der Waals surface area (Å²) in [6.45, 7) is 6.03. The van der Waals surface area contributed by atoms with Gasteiger partial charge in [0, 0.05) is 19.0 Å². The van der Waals surface area contributed by atoms with E-state index in [4.69, 9.17) is 17.3 Å². The van der Waals surface area contributed by atoms with Gasteiger partial charge in [0.25, 0.3) is 0 Å². The average molecular weight is 278 g/mol. The molecule has 2 N–H and O–H groups in total. The van der Waals surface area contributed by atoms with Crippen LogP contribution in [0.2, 0.25) is 5.02 Å². The van der Waals surface area contributed by atoms with E-state index in [1.54, 1.807) is 0 Å². The molecular weight excluding hydrogens is 258 g/mol. The zero-order valence-electron chi connectivity index (χ0n) is 11.9. The largest absolute Gasteiger partial charge is 0.321 e. The van der Waals surface area contributed by atoms with Crippen LogP contribution in [0.25, 0.3) is 0 Å². The smallest absolute Gasteiger partial charge is 0.0847 e. The van der Waals surface area contributed by atoms with E-state index in [1.807, 2.05) is 37.7 Å². The highest BCUT2D eigenvalue weighted by Crippen LogP contribution is 2.29. The van der Waals surface area contributed by atoms with Gasteiger partial charge in [-0.3, -0.25) is 4.68 Å². The van der Waals surface area contributed by atoms with E-state index in [9.17, 15) is 0 Å². The van der Waals surface area contributed by atoms with Gasteiger partial charge in [0.2, 0.25) is 0 Å². The Morgan fingerprint density at radius 1 is 1.32 bits per heavy atom. The van der Waals surface area contributed by atoms with E-state index in [1.165, 1.54) is 5.56 Å². The third kappa shape index (κ3) is 2.67. The molecule has 0 spiro atoms. The normalized spacial score (nSPS) is 14.4. The predicted molar refractivity (Wildman–Crippen MR) is 79.4 cm³/mol. The summed E-state index contributed by atoms with van der Waals surface area (Å²) < 4.78 is 1.82. The summed E-state index contributed by atoms with van der Waals surface area (Å²) >= 11 is 6.31. The molecule has 1 atom stereocenters. The number of nitrogens with zero attached hydrogens (tertiary/aromatic N) is 2. The Morgan fingerprint density at radius 3 is 2.47 bits per heavy atom. The van der Waals surface area contributed by atoms with E-state index in [-0.39, 0.29) is 0 Å². The predicted octanol–water partition coefficient (Wildman–Crippen LogP) is 3.11. The maximum absolute atomic E-state index is 6.52. The molecule has 0 saturated carbocycles. The van der Waals surface area contributed by atoms with Gasteiger partial charge in [-0.15, -0.1) is 0 Å². The molecule has 0 aliphatic rings. The minimum absolute atomic E-state index is 0.463. The fraction of sp³-hybridized carbons (Fsp3) is 0.400. The van der Waals surface area contributed by atoms with Crippen molar-refractivity contribution in [3.63, 3.8) is 0 Å². The lowest BCUT2D eigenvalue weighted by Gasteiger charge is -2.27. The van der Waals surface area contributed by atoms with Gasteiger partial charge in [0.1, 0.15) is 0 Å². The molecule has 3 nitrogen and oxygen atoms in total. The number of aromatic nitrogens is 2. The maximum atomic E-state index is 6.52. The Morgan fingerprint density at radius 2 is 1.95 bits per heavy atom. The van der Waals surface area contributed by atoms with Crippen molar-refractivity contribution in [1.29, 1.82) is 0 Å². The van der Waals surface area contributed by atoms with Gasteiger partial charge >= 0.3 is 0 Å². The number of rotatable bonds is 3. The molecule has 1 unspecified atom stereocenters. The van der Waals surface area contributed by atoms with Gasteiger partial charge < -0.3 is 5.73 Å². The molecule has 2 rings (SSSR count). The minimum Gasteiger partial charge on any atom is -0.321 e. The molecule has 4 heteroatoms. The van der Waals surface area contributed by atoms with Crippen LogP contribution in [0.5, 0.6) is 0 Å². The molecular formula is C15H20ClN3. The molecule has 1 heterocycles. The second-order valence-electron chi connectivity index (χ2n) is 5.38. The van der Waals surface area contributed by atoms with Gasteiger partial charge in [-0.25, -0.2) is 0 Å². The van der Waals surface area contributed by atoms with Crippen LogP contribution in [-0.2, 0) is 19.0 Å². The minimum atomic E-state index is -0.463. The van der Waals surface area contributed by atoms with E-state index < -0.39 is 5.54 Å². The number of benzene rings is 1. The lowest BCUT2D eigenvalue weighted by molar-refractivity contribution is 0.469. The number of halogens is 1. The summed E-state index contributed by atoms with van der Waals surface area (Å²) in [4.78, 5) is 0. The van der Waals surface area contributed by atoms with Crippen molar-refractivity contribution in [3.8, 4) is 0 Å². The molecule has 0 saturated heterocycles. The van der Waals surface area contributed by atoms with Crippen molar-refractivity contribution in [2.75, 3.05) is 0 Å². The number of aryl methyl sites for hydroxylation is 3. The van der Waals surface area contributed by atoms with E-state index in [0.29, 0.717) is 11.4 Å². The van der Waals surface area contributed by atoms with Crippen molar-refractivity contribution in [1.82, 2.24) is 9.78 Å². The highest BCUT2D eigenvalue weighted by Gasteiger charge is 2.26. The van der Waals surface area contributed by atoms with Crippen molar-refractivity contribution in [2.45, 2.75) is 32.7 Å². The lowest BCUT2D eigenvalue weighted by atomic mass is 9.85. The lowest BCUT2D eigenvalue weighted by Crippen LogP contribution is -2.37. The topological polar surface area (TPSA) is 43.8 Å². The third-order valence-corrected chi connectivity index (χ3v) is 4.05. The van der Waals surface area contributed by atoms with Crippen LogP contribution < -0.4 is 5.73 Å². The van der Waals surface area contributed by atoms with E-state index in [2.05, 4.69) is 24.2 Å². The average Bonchev–Trinajstić information content (AvgIpc) is 2.56. The van der Waals surface area contributed by atoms with Gasteiger partial charge in [-0.2, -0.15) is 5.10 Å². The Balaban J connectivity index is 2.39. The summed E-state index contributed by atoms with van der Waals surface area (Å²) in [5, 5.41) is 5.06. The van der Waals surface area contributed by atoms with Crippen molar-refractivity contribution in [3.05, 3.63) is 51.8 Å². The third-order valence-electron chi connectivity index (χ3n) is 3.56. The first-order valence-electron chi connectivity index (χ1n) is 6.36. The summed E-state index contributed by atoms with van der Waals surface area (Å²) in [7, 11) is 1.90. The van der Waals surface area contributed by atoms with E-state index in [0.717, 1.165) is 17.0 Å². The zero-order chi connectivity index (χ0) is 14.2. The van der Waals surface area contributed by atoms with Gasteiger partial charge in [0.05, 0.1) is 16.4 Å². The molecule has 0 radical (unpaired) electrons. The first-order chi connectivity index (χ1) is 8.83. The molecule has 0 aliphatic heterocycles. The van der Waals surface area contributed by atoms with Gasteiger partial charge in [-0.1, -0.05) is 35.9 Å². The fourth-order valence-electron chi connectivity index (χ4n) is 2.53. The van der Waals surface area contributed by atoms with Crippen LogP contribution in [0.3, 0.4) is 0 Å². The fourth-order valence-corrected chi connectivity index (χ4v) is 2.76. The van der Waals surface area contributed by atoms with Crippen LogP contribution >= 0.6 is 11.6 Å². The molecule has 2 aromatic rings. The van der Waals surface area contributed by atoms with Crippen LogP contribution in [0.4, 0.5) is 0 Å². The Bertz CT molecular complexity index is 599. The van der Waals surface area contributed by atoms with Crippen molar-refractivity contribution < 1.29 is 0 Å². The Kier molecular flexibility index (Phi) is 3.70. The van der Waals surface area contributed by atoms with Crippen LogP contribution in [0.15, 0.2) is 24.3 Å². The zero-order valence-corrected chi connectivity index (χ0v) is 12.6. The summed E-state index contributed by atoms with van der Waals surface area (Å²) in [6, 6.07) is 8.20. The molecule has 19 heavy (non-hydrogen) atoms. The summed E-state index contributed by atoms with van der Waals surface area (Å²) in [6.07, 6.45) is 0.661. The van der Waals surface area contributed by atoms with Crippen molar-refractivity contribution in [2.24, 2.45) is 12.8 Å². The highest BCUT2D eigenvalue weighted by molar-refractivity contribution is 6.31. The number of nitrogens with two attached hydrogens (primary N) is 1. The highest BCUT2D eigenvalue weighted by atomic mass is 35.5. The second-order valence-corrected chi connectivity index (χ2v) is 5.76. The summed E-state index contributed by atoms with van der Waals surface area (Å²) in [5.41, 5.74) is 10.2. The quantitative estimate of drug-likeness (QED) is 0.937. The number of hydrogen-bond donors (Lipinski definition) is 1. The number of hydrogen-bond acceptors (Lipinski definition) is 2. The molecule has 0 aliphatic carbocycles. The van der Waals surface area contributed by atoms with Crippen LogP contribution in [-0.4, -0.2) is 9.78 Å². The standard InChI is InChI=1S/C15H20ClN3/c1-10-7-5-6-8-12(10)15(3,17)9-13-14(16)11(2)18-19(13)4/h5-8H,9,17H2,1-4H3. The second kappa shape index (κ2) is 4.99. The summed E-state index contributed by atoms with van der Waals surface area (Å²) in [5.74, 6) is 0. The monoisotopic (exact) mass is 277 g/mol. The Labute approximate surface area is 119 Å². The van der Waals surface area contributed by atoms with Crippen molar-refractivity contribution >= 4 is 11.6 Å². The SMILES string of the molecule is Cc1ccccc1C(C)(N)Cc1c(Cl)c(C)nn1C. The molecule has 0 amide bonds.